The number of hydrogen-bond donors (Lipinski definition) is 1. The molecule has 124 valence electrons. The van der Waals surface area contributed by atoms with Crippen LogP contribution in [0.2, 0.25) is 0 Å². The molecule has 0 aliphatic carbocycles. The molecule has 2 aromatic heterocycles. The van der Waals surface area contributed by atoms with Crippen molar-refractivity contribution in [1.82, 2.24) is 9.78 Å². The second-order valence-corrected chi connectivity index (χ2v) is 6.73. The molecule has 0 unspecified atom stereocenters. The van der Waals surface area contributed by atoms with E-state index in [2.05, 4.69) is 10.4 Å². The van der Waals surface area contributed by atoms with Gasteiger partial charge in [-0.1, -0.05) is 12.1 Å². The Kier molecular flexibility index (Phi) is 5.17. The quantitative estimate of drug-likeness (QED) is 0.682. The molecule has 8 heteroatoms. The SMILES string of the molecule is CSc1cccc(NC(=O)CCn2nc(-c3cccs3)oc2=O)c1. The lowest BCUT2D eigenvalue weighted by atomic mass is 10.3. The maximum Gasteiger partial charge on any atom is 0.437 e. The number of amides is 1. The van der Waals surface area contributed by atoms with Crippen LogP contribution in [0.1, 0.15) is 6.42 Å². The first-order valence-electron chi connectivity index (χ1n) is 7.21. The van der Waals surface area contributed by atoms with Crippen LogP contribution in [0.25, 0.3) is 10.8 Å². The molecule has 0 aliphatic heterocycles. The summed E-state index contributed by atoms with van der Waals surface area (Å²) in [7, 11) is 0. The Morgan fingerprint density at radius 2 is 2.25 bits per heavy atom. The van der Waals surface area contributed by atoms with Gasteiger partial charge in [-0.25, -0.2) is 4.79 Å². The minimum absolute atomic E-state index is 0.139. The van der Waals surface area contributed by atoms with Crippen LogP contribution in [0.5, 0.6) is 0 Å². The number of carbonyl (C=O) groups excluding carboxylic acids is 1. The first-order chi connectivity index (χ1) is 11.7. The van der Waals surface area contributed by atoms with E-state index in [4.69, 9.17) is 4.42 Å². The fraction of sp³-hybridized carbons (Fsp3) is 0.188. The predicted octanol–water partition coefficient (Wildman–Crippen LogP) is 3.32. The zero-order valence-electron chi connectivity index (χ0n) is 12.9. The van der Waals surface area contributed by atoms with Crippen LogP contribution in [0, 0.1) is 0 Å². The molecule has 6 nitrogen and oxygen atoms in total. The van der Waals surface area contributed by atoms with Gasteiger partial charge < -0.3 is 9.73 Å². The smallest absolute Gasteiger partial charge is 0.387 e. The monoisotopic (exact) mass is 361 g/mol. The largest absolute Gasteiger partial charge is 0.437 e. The minimum atomic E-state index is -0.560. The van der Waals surface area contributed by atoms with Crippen molar-refractivity contribution in [3.63, 3.8) is 0 Å². The number of anilines is 1. The summed E-state index contributed by atoms with van der Waals surface area (Å²) >= 11 is 3.04. The van der Waals surface area contributed by atoms with Gasteiger partial charge in [0.25, 0.3) is 5.89 Å². The van der Waals surface area contributed by atoms with Crippen molar-refractivity contribution in [2.75, 3.05) is 11.6 Å². The zero-order valence-corrected chi connectivity index (χ0v) is 14.5. The molecule has 1 amide bonds. The van der Waals surface area contributed by atoms with Crippen molar-refractivity contribution >= 4 is 34.7 Å². The summed E-state index contributed by atoms with van der Waals surface area (Å²) in [6.07, 6.45) is 2.11. The molecule has 0 bridgehead atoms. The number of aromatic nitrogens is 2. The average Bonchev–Trinajstić information content (AvgIpc) is 3.23. The molecule has 24 heavy (non-hydrogen) atoms. The third kappa shape index (κ3) is 3.95. The molecule has 0 saturated carbocycles. The zero-order chi connectivity index (χ0) is 16.9. The topological polar surface area (TPSA) is 77.1 Å². The molecule has 1 N–H and O–H groups in total. The van der Waals surface area contributed by atoms with Gasteiger partial charge in [0.15, 0.2) is 0 Å². The predicted molar refractivity (Wildman–Crippen MR) is 95.5 cm³/mol. The molecular formula is C16H15N3O3S2. The van der Waals surface area contributed by atoms with Gasteiger partial charge in [-0.2, -0.15) is 4.68 Å². The third-order valence-corrected chi connectivity index (χ3v) is 4.83. The lowest BCUT2D eigenvalue weighted by Gasteiger charge is -2.06. The van der Waals surface area contributed by atoms with E-state index in [9.17, 15) is 9.59 Å². The Labute approximate surface area is 146 Å². The van der Waals surface area contributed by atoms with Crippen molar-refractivity contribution in [3.8, 4) is 10.8 Å². The Hall–Kier alpha value is -2.32. The van der Waals surface area contributed by atoms with Gasteiger partial charge >= 0.3 is 5.76 Å². The number of nitrogens with one attached hydrogen (secondary N) is 1. The molecule has 1 aromatic carbocycles. The van der Waals surface area contributed by atoms with Crippen molar-refractivity contribution in [2.24, 2.45) is 0 Å². The number of benzene rings is 1. The highest BCUT2D eigenvalue weighted by Gasteiger charge is 2.12. The number of rotatable bonds is 6. The highest BCUT2D eigenvalue weighted by atomic mass is 32.2. The molecule has 0 radical (unpaired) electrons. The molecular weight excluding hydrogens is 346 g/mol. The fourth-order valence-electron chi connectivity index (χ4n) is 2.08. The Balaban J connectivity index is 1.61. The van der Waals surface area contributed by atoms with E-state index < -0.39 is 5.76 Å². The van der Waals surface area contributed by atoms with Crippen LogP contribution in [0.3, 0.4) is 0 Å². The number of aryl methyl sites for hydroxylation is 1. The van der Waals surface area contributed by atoms with Crippen LogP contribution in [-0.4, -0.2) is 21.9 Å². The third-order valence-electron chi connectivity index (χ3n) is 3.24. The van der Waals surface area contributed by atoms with E-state index in [1.807, 2.05) is 48.0 Å². The number of hydrogen-bond acceptors (Lipinski definition) is 6. The Bertz CT molecular complexity index is 884. The maximum absolute atomic E-state index is 12.0. The average molecular weight is 361 g/mol. The molecule has 3 aromatic rings. The summed E-state index contributed by atoms with van der Waals surface area (Å²) in [6, 6.07) is 11.3. The first kappa shape index (κ1) is 16.5. The van der Waals surface area contributed by atoms with Crippen molar-refractivity contribution in [1.29, 1.82) is 0 Å². The van der Waals surface area contributed by atoms with Gasteiger partial charge in [-0.15, -0.1) is 28.2 Å². The van der Waals surface area contributed by atoms with Gasteiger partial charge in [-0.05, 0) is 35.9 Å². The second kappa shape index (κ2) is 7.50. The fourth-order valence-corrected chi connectivity index (χ4v) is 3.18. The summed E-state index contributed by atoms with van der Waals surface area (Å²) in [5, 5.41) is 8.82. The molecule has 0 spiro atoms. The van der Waals surface area contributed by atoms with E-state index >= 15 is 0 Å². The van der Waals surface area contributed by atoms with E-state index in [-0.39, 0.29) is 24.8 Å². The normalized spacial score (nSPS) is 10.7. The van der Waals surface area contributed by atoms with E-state index in [0.29, 0.717) is 0 Å². The summed E-state index contributed by atoms with van der Waals surface area (Å²) in [4.78, 5) is 25.7. The lowest BCUT2D eigenvalue weighted by molar-refractivity contribution is -0.116. The van der Waals surface area contributed by atoms with Crippen LogP contribution < -0.4 is 11.1 Å². The lowest BCUT2D eigenvalue weighted by Crippen LogP contribution is -2.20. The Morgan fingerprint density at radius 3 is 3.00 bits per heavy atom. The highest BCUT2D eigenvalue weighted by Crippen LogP contribution is 2.21. The van der Waals surface area contributed by atoms with Crippen LogP contribution in [0.15, 0.2) is 55.9 Å². The molecule has 0 aliphatic rings. The number of thioether (sulfide) groups is 1. The van der Waals surface area contributed by atoms with Gasteiger partial charge in [0.2, 0.25) is 5.91 Å². The van der Waals surface area contributed by atoms with Gasteiger partial charge in [0, 0.05) is 17.0 Å². The highest BCUT2D eigenvalue weighted by molar-refractivity contribution is 7.98. The van der Waals surface area contributed by atoms with E-state index in [0.717, 1.165) is 15.5 Å². The van der Waals surface area contributed by atoms with Crippen LogP contribution in [0.4, 0.5) is 5.69 Å². The first-order valence-corrected chi connectivity index (χ1v) is 9.32. The second-order valence-electron chi connectivity index (χ2n) is 4.90. The van der Waals surface area contributed by atoms with E-state index in [1.165, 1.54) is 16.0 Å². The van der Waals surface area contributed by atoms with Crippen molar-refractivity contribution in [3.05, 3.63) is 52.3 Å². The van der Waals surface area contributed by atoms with Crippen LogP contribution in [-0.2, 0) is 11.3 Å². The molecule has 3 rings (SSSR count). The standard InChI is InChI=1S/C16H15N3O3S2/c1-23-12-5-2-4-11(10-12)17-14(20)7-8-19-16(21)22-15(18-19)13-6-3-9-24-13/h2-6,9-10H,7-8H2,1H3,(H,17,20). The molecule has 0 atom stereocenters. The summed E-state index contributed by atoms with van der Waals surface area (Å²) in [5.41, 5.74) is 0.735. The molecule has 0 fully saturated rings. The summed E-state index contributed by atoms with van der Waals surface area (Å²) < 4.78 is 6.29. The molecule has 0 saturated heterocycles. The number of carbonyl (C=O) groups is 1. The summed E-state index contributed by atoms with van der Waals surface area (Å²) in [5.74, 6) is -0.459. The maximum atomic E-state index is 12.0. The summed E-state index contributed by atoms with van der Waals surface area (Å²) in [6.45, 7) is 0.168. The van der Waals surface area contributed by atoms with E-state index in [1.54, 1.807) is 11.8 Å². The number of thiophene rings is 1. The number of nitrogens with zero attached hydrogens (tertiary/aromatic N) is 2. The van der Waals surface area contributed by atoms with Crippen molar-refractivity contribution in [2.45, 2.75) is 17.9 Å². The van der Waals surface area contributed by atoms with Crippen LogP contribution >= 0.6 is 23.1 Å². The van der Waals surface area contributed by atoms with Gasteiger partial charge in [0.05, 0.1) is 11.4 Å². The van der Waals surface area contributed by atoms with Crippen molar-refractivity contribution < 1.29 is 9.21 Å². The minimum Gasteiger partial charge on any atom is -0.387 e. The van der Waals surface area contributed by atoms with Gasteiger partial charge in [-0.3, -0.25) is 4.79 Å². The molecule has 2 heterocycles. The van der Waals surface area contributed by atoms with Gasteiger partial charge in [0.1, 0.15) is 0 Å². The Morgan fingerprint density at radius 1 is 1.38 bits per heavy atom.